The molecule has 0 bridgehead atoms. The number of carbonyl (C=O) groups excluding carboxylic acids is 1. The Bertz CT molecular complexity index is 902. The SMILES string of the molecule is CC(=O)N1CCc2nc3ccccc3c(-c3ccccc3)c2CC1. The number of hydrogen-bond acceptors (Lipinski definition) is 2. The minimum absolute atomic E-state index is 0.147. The molecular weight excluding hydrogens is 296 g/mol. The zero-order valence-corrected chi connectivity index (χ0v) is 13.8. The summed E-state index contributed by atoms with van der Waals surface area (Å²) in [5, 5.41) is 1.19. The van der Waals surface area contributed by atoms with E-state index in [-0.39, 0.29) is 5.91 Å². The molecule has 0 saturated carbocycles. The second-order valence-corrected chi connectivity index (χ2v) is 6.30. The highest BCUT2D eigenvalue weighted by Crippen LogP contribution is 2.34. The van der Waals surface area contributed by atoms with Crippen LogP contribution in [0, 0.1) is 0 Å². The van der Waals surface area contributed by atoms with Crippen molar-refractivity contribution in [1.29, 1.82) is 0 Å². The molecule has 4 rings (SSSR count). The molecule has 0 spiro atoms. The standard InChI is InChI=1S/C21H20N2O/c1-15(24)23-13-11-18-20(12-14-23)22-19-10-6-5-9-17(19)21(18)16-7-3-2-4-8-16/h2-10H,11-14H2,1H3. The van der Waals surface area contributed by atoms with Crippen molar-refractivity contribution in [2.45, 2.75) is 19.8 Å². The van der Waals surface area contributed by atoms with Gasteiger partial charge >= 0.3 is 0 Å². The van der Waals surface area contributed by atoms with Gasteiger partial charge in [-0.2, -0.15) is 0 Å². The summed E-state index contributed by atoms with van der Waals surface area (Å²) in [6, 6.07) is 18.9. The fourth-order valence-corrected chi connectivity index (χ4v) is 3.63. The number of fused-ring (bicyclic) bond motifs is 2. The molecule has 0 saturated heterocycles. The lowest BCUT2D eigenvalue weighted by Crippen LogP contribution is -2.31. The summed E-state index contributed by atoms with van der Waals surface area (Å²) in [4.78, 5) is 18.6. The van der Waals surface area contributed by atoms with Crippen LogP contribution in [0.1, 0.15) is 18.2 Å². The van der Waals surface area contributed by atoms with Crippen LogP contribution in [-0.2, 0) is 17.6 Å². The van der Waals surface area contributed by atoms with Gasteiger partial charge in [-0.15, -0.1) is 0 Å². The first-order chi connectivity index (χ1) is 11.7. The van der Waals surface area contributed by atoms with Crippen LogP contribution in [0.25, 0.3) is 22.0 Å². The molecule has 3 heteroatoms. The maximum absolute atomic E-state index is 11.8. The van der Waals surface area contributed by atoms with E-state index in [4.69, 9.17) is 4.98 Å². The molecule has 0 aliphatic carbocycles. The Morgan fingerprint density at radius 1 is 0.958 bits per heavy atom. The van der Waals surface area contributed by atoms with Crippen molar-refractivity contribution in [2.24, 2.45) is 0 Å². The number of aromatic nitrogens is 1. The monoisotopic (exact) mass is 316 g/mol. The van der Waals surface area contributed by atoms with Crippen LogP contribution >= 0.6 is 0 Å². The highest BCUT2D eigenvalue weighted by molar-refractivity contribution is 5.96. The Morgan fingerprint density at radius 3 is 2.46 bits per heavy atom. The number of amides is 1. The van der Waals surface area contributed by atoms with Gasteiger partial charge in [0, 0.05) is 37.5 Å². The first-order valence-electron chi connectivity index (χ1n) is 8.45. The van der Waals surface area contributed by atoms with Gasteiger partial charge in [-0.1, -0.05) is 48.5 Å². The van der Waals surface area contributed by atoms with Crippen LogP contribution in [0.5, 0.6) is 0 Å². The van der Waals surface area contributed by atoms with Crippen LogP contribution in [0.3, 0.4) is 0 Å². The molecule has 3 aromatic rings. The molecule has 2 heterocycles. The van der Waals surface area contributed by atoms with Gasteiger partial charge in [0.15, 0.2) is 0 Å². The Hall–Kier alpha value is -2.68. The van der Waals surface area contributed by atoms with E-state index in [2.05, 4.69) is 42.5 Å². The lowest BCUT2D eigenvalue weighted by Gasteiger charge is -2.17. The third kappa shape index (κ3) is 2.56. The predicted octanol–water partition coefficient (Wildman–Crippen LogP) is 3.85. The summed E-state index contributed by atoms with van der Waals surface area (Å²) in [6.07, 6.45) is 1.68. The van der Waals surface area contributed by atoms with Crippen molar-refractivity contribution in [3.8, 4) is 11.1 Å². The molecule has 0 N–H and O–H groups in total. The lowest BCUT2D eigenvalue weighted by molar-refractivity contribution is -0.128. The van der Waals surface area contributed by atoms with Crippen molar-refractivity contribution in [3.63, 3.8) is 0 Å². The van der Waals surface area contributed by atoms with E-state index >= 15 is 0 Å². The average Bonchev–Trinajstić information content (AvgIpc) is 2.83. The number of hydrogen-bond donors (Lipinski definition) is 0. The molecule has 3 nitrogen and oxygen atoms in total. The second-order valence-electron chi connectivity index (χ2n) is 6.30. The maximum Gasteiger partial charge on any atom is 0.219 e. The normalized spacial score (nSPS) is 14.3. The molecule has 1 aliphatic heterocycles. The smallest absolute Gasteiger partial charge is 0.219 e. The van der Waals surface area contributed by atoms with Gasteiger partial charge in [0.2, 0.25) is 5.91 Å². The summed E-state index contributed by atoms with van der Waals surface area (Å²) < 4.78 is 0. The topological polar surface area (TPSA) is 33.2 Å². The van der Waals surface area contributed by atoms with Gasteiger partial charge in [0.05, 0.1) is 5.52 Å². The van der Waals surface area contributed by atoms with Gasteiger partial charge < -0.3 is 4.90 Å². The highest BCUT2D eigenvalue weighted by Gasteiger charge is 2.21. The first-order valence-corrected chi connectivity index (χ1v) is 8.45. The lowest BCUT2D eigenvalue weighted by atomic mass is 9.92. The number of pyridine rings is 1. The second kappa shape index (κ2) is 6.08. The van der Waals surface area contributed by atoms with Crippen molar-refractivity contribution < 1.29 is 4.79 Å². The molecule has 1 amide bonds. The van der Waals surface area contributed by atoms with Gasteiger partial charge in [-0.05, 0) is 29.2 Å². The van der Waals surface area contributed by atoms with Gasteiger partial charge in [0.25, 0.3) is 0 Å². The molecule has 120 valence electrons. The maximum atomic E-state index is 11.8. The number of carbonyl (C=O) groups is 1. The van der Waals surface area contributed by atoms with E-state index < -0.39 is 0 Å². The molecule has 0 atom stereocenters. The molecule has 1 aromatic heterocycles. The molecular formula is C21H20N2O. The van der Waals surface area contributed by atoms with Gasteiger partial charge in [-0.25, -0.2) is 0 Å². The number of nitrogens with zero attached hydrogens (tertiary/aromatic N) is 2. The minimum Gasteiger partial charge on any atom is -0.342 e. The van der Waals surface area contributed by atoms with Crippen LogP contribution in [-0.4, -0.2) is 28.9 Å². The number of benzene rings is 2. The third-order valence-electron chi connectivity index (χ3n) is 4.84. The molecule has 1 aliphatic rings. The van der Waals surface area contributed by atoms with Crippen molar-refractivity contribution in [3.05, 3.63) is 65.9 Å². The summed E-state index contributed by atoms with van der Waals surface area (Å²) in [7, 11) is 0. The summed E-state index contributed by atoms with van der Waals surface area (Å²) in [6.45, 7) is 3.17. The van der Waals surface area contributed by atoms with E-state index in [1.54, 1.807) is 6.92 Å². The molecule has 0 radical (unpaired) electrons. The van der Waals surface area contributed by atoms with E-state index in [0.29, 0.717) is 0 Å². The number of rotatable bonds is 1. The average molecular weight is 316 g/mol. The van der Waals surface area contributed by atoms with Gasteiger partial charge in [-0.3, -0.25) is 9.78 Å². The molecule has 2 aromatic carbocycles. The van der Waals surface area contributed by atoms with Gasteiger partial charge in [0.1, 0.15) is 0 Å². The molecule has 0 unspecified atom stereocenters. The Labute approximate surface area is 141 Å². The summed E-state index contributed by atoms with van der Waals surface area (Å²) in [5.41, 5.74) is 5.97. The van der Waals surface area contributed by atoms with E-state index in [1.165, 1.54) is 22.1 Å². The summed E-state index contributed by atoms with van der Waals surface area (Å²) in [5.74, 6) is 0.147. The molecule has 0 fully saturated rings. The zero-order chi connectivity index (χ0) is 16.5. The fraction of sp³-hybridized carbons (Fsp3) is 0.238. The largest absolute Gasteiger partial charge is 0.342 e. The number of para-hydroxylation sites is 1. The van der Waals surface area contributed by atoms with E-state index in [9.17, 15) is 4.79 Å². The van der Waals surface area contributed by atoms with Crippen molar-refractivity contribution in [1.82, 2.24) is 9.88 Å². The van der Waals surface area contributed by atoms with Crippen molar-refractivity contribution >= 4 is 16.8 Å². The highest BCUT2D eigenvalue weighted by atomic mass is 16.2. The van der Waals surface area contributed by atoms with Crippen molar-refractivity contribution in [2.75, 3.05) is 13.1 Å². The van der Waals surface area contributed by atoms with Crippen LogP contribution < -0.4 is 0 Å². The fourth-order valence-electron chi connectivity index (χ4n) is 3.63. The minimum atomic E-state index is 0.147. The first kappa shape index (κ1) is 14.9. The van der Waals surface area contributed by atoms with Crippen LogP contribution in [0.2, 0.25) is 0 Å². The Balaban J connectivity index is 1.95. The Kier molecular flexibility index (Phi) is 3.77. The quantitative estimate of drug-likeness (QED) is 0.683. The molecule has 24 heavy (non-hydrogen) atoms. The van der Waals surface area contributed by atoms with Crippen LogP contribution in [0.4, 0.5) is 0 Å². The summed E-state index contributed by atoms with van der Waals surface area (Å²) >= 11 is 0. The third-order valence-corrected chi connectivity index (χ3v) is 4.84. The van der Waals surface area contributed by atoms with E-state index in [1.807, 2.05) is 17.0 Å². The Morgan fingerprint density at radius 2 is 1.67 bits per heavy atom. The zero-order valence-electron chi connectivity index (χ0n) is 13.8. The van der Waals surface area contributed by atoms with E-state index in [0.717, 1.165) is 37.1 Å². The predicted molar refractivity (Wildman–Crippen MR) is 96.8 cm³/mol. The van der Waals surface area contributed by atoms with Crippen LogP contribution in [0.15, 0.2) is 54.6 Å².